The van der Waals surface area contributed by atoms with Gasteiger partial charge in [-0.25, -0.2) is 9.78 Å². The van der Waals surface area contributed by atoms with Crippen LogP contribution in [-0.4, -0.2) is 20.6 Å². The van der Waals surface area contributed by atoms with Crippen LogP contribution in [0.2, 0.25) is 0 Å². The van der Waals surface area contributed by atoms with Gasteiger partial charge in [0.05, 0.1) is 34.8 Å². The van der Waals surface area contributed by atoms with Crippen molar-refractivity contribution in [2.75, 3.05) is 0 Å². The molecule has 0 aliphatic carbocycles. The first-order valence-electron chi connectivity index (χ1n) is 6.78. The van der Waals surface area contributed by atoms with E-state index >= 15 is 0 Å². The fraction of sp³-hybridized carbons (Fsp3) is 0.118. The second-order valence-corrected chi connectivity index (χ2v) is 5.02. The molecular weight excluding hydrogens is 278 g/mol. The Morgan fingerprint density at radius 1 is 1.32 bits per heavy atom. The summed E-state index contributed by atoms with van der Waals surface area (Å²) in [6, 6.07) is 14.4. The Balaban J connectivity index is 2.14. The average Bonchev–Trinajstić information content (AvgIpc) is 2.83. The minimum absolute atomic E-state index is 0.224. The van der Waals surface area contributed by atoms with Crippen molar-refractivity contribution >= 4 is 17.0 Å². The fourth-order valence-electron chi connectivity index (χ4n) is 2.51. The van der Waals surface area contributed by atoms with Gasteiger partial charge in [-0.2, -0.15) is 5.26 Å². The number of aromatic nitrogens is 2. The number of benzene rings is 2. The van der Waals surface area contributed by atoms with E-state index in [9.17, 15) is 10.1 Å². The van der Waals surface area contributed by atoms with Gasteiger partial charge < -0.3 is 9.67 Å². The maximum absolute atomic E-state index is 11.1. The topological polar surface area (TPSA) is 78.9 Å². The lowest BCUT2D eigenvalue weighted by Gasteiger charge is -2.09. The normalized spacial score (nSPS) is 10.5. The van der Waals surface area contributed by atoms with Gasteiger partial charge in [0.25, 0.3) is 0 Å². The molecule has 0 spiro atoms. The standard InChI is InChI=1S/C17H13N3O2/c1-11-19-15-7-6-12(17(21)22)8-16(15)20(11)10-14-5-3-2-4-13(14)9-18/h2-8H,10H2,1H3,(H,21,22). The minimum Gasteiger partial charge on any atom is -0.478 e. The first-order chi connectivity index (χ1) is 10.6. The van der Waals surface area contributed by atoms with Crippen LogP contribution in [0.25, 0.3) is 11.0 Å². The lowest BCUT2D eigenvalue weighted by Crippen LogP contribution is -2.04. The third-order valence-electron chi connectivity index (χ3n) is 3.65. The third kappa shape index (κ3) is 2.31. The molecule has 0 saturated carbocycles. The summed E-state index contributed by atoms with van der Waals surface area (Å²) < 4.78 is 1.93. The summed E-state index contributed by atoms with van der Waals surface area (Å²) in [7, 11) is 0. The molecule has 108 valence electrons. The molecule has 1 aromatic heterocycles. The number of imidazole rings is 1. The van der Waals surface area contributed by atoms with E-state index in [0.29, 0.717) is 12.1 Å². The number of carbonyl (C=O) groups is 1. The Labute approximate surface area is 127 Å². The SMILES string of the molecule is Cc1nc2ccc(C(=O)O)cc2n1Cc1ccccc1C#N. The van der Waals surface area contributed by atoms with E-state index < -0.39 is 5.97 Å². The van der Waals surface area contributed by atoms with Crippen molar-refractivity contribution < 1.29 is 9.90 Å². The first kappa shape index (κ1) is 13.8. The number of hydrogen-bond donors (Lipinski definition) is 1. The number of nitrogens with zero attached hydrogens (tertiary/aromatic N) is 3. The third-order valence-corrected chi connectivity index (χ3v) is 3.65. The number of aromatic carboxylic acids is 1. The van der Waals surface area contributed by atoms with E-state index in [2.05, 4.69) is 11.1 Å². The molecular formula is C17H13N3O2. The molecule has 5 nitrogen and oxygen atoms in total. The lowest BCUT2D eigenvalue weighted by molar-refractivity contribution is 0.0697. The first-order valence-corrected chi connectivity index (χ1v) is 6.78. The summed E-state index contributed by atoms with van der Waals surface area (Å²) >= 11 is 0. The van der Waals surface area contributed by atoms with Crippen LogP contribution in [0.1, 0.15) is 27.3 Å². The smallest absolute Gasteiger partial charge is 0.335 e. The molecule has 0 bridgehead atoms. The van der Waals surface area contributed by atoms with Crippen molar-refractivity contribution in [1.29, 1.82) is 5.26 Å². The zero-order valence-electron chi connectivity index (χ0n) is 11.9. The van der Waals surface area contributed by atoms with Gasteiger partial charge in [0, 0.05) is 0 Å². The van der Waals surface area contributed by atoms with Crippen LogP contribution in [0.4, 0.5) is 0 Å². The van der Waals surface area contributed by atoms with Gasteiger partial charge in [0.2, 0.25) is 0 Å². The number of carboxylic acid groups (broad SMARTS) is 1. The number of aryl methyl sites for hydroxylation is 1. The number of hydrogen-bond acceptors (Lipinski definition) is 3. The number of carboxylic acids is 1. The predicted octanol–water partition coefficient (Wildman–Crippen LogP) is 2.96. The highest BCUT2D eigenvalue weighted by Gasteiger charge is 2.12. The Bertz CT molecular complexity index is 919. The van der Waals surface area contributed by atoms with Crippen molar-refractivity contribution in [3.05, 3.63) is 65.0 Å². The summed E-state index contributed by atoms with van der Waals surface area (Å²) in [5, 5.41) is 18.3. The molecule has 0 saturated heterocycles. The zero-order chi connectivity index (χ0) is 15.7. The Morgan fingerprint density at radius 2 is 2.09 bits per heavy atom. The number of rotatable bonds is 3. The van der Waals surface area contributed by atoms with E-state index in [1.807, 2.05) is 29.7 Å². The van der Waals surface area contributed by atoms with Gasteiger partial charge >= 0.3 is 5.97 Å². The van der Waals surface area contributed by atoms with Crippen LogP contribution in [0, 0.1) is 18.3 Å². The van der Waals surface area contributed by atoms with E-state index in [0.717, 1.165) is 22.4 Å². The maximum Gasteiger partial charge on any atom is 0.335 e. The molecule has 1 heterocycles. The molecule has 0 radical (unpaired) electrons. The quantitative estimate of drug-likeness (QED) is 0.804. The number of fused-ring (bicyclic) bond motifs is 1. The average molecular weight is 291 g/mol. The second kappa shape index (κ2) is 5.34. The van der Waals surface area contributed by atoms with Gasteiger partial charge in [-0.05, 0) is 36.8 Å². The van der Waals surface area contributed by atoms with Crippen LogP contribution in [0.15, 0.2) is 42.5 Å². The van der Waals surface area contributed by atoms with Gasteiger partial charge in [0.1, 0.15) is 5.82 Å². The largest absolute Gasteiger partial charge is 0.478 e. The van der Waals surface area contributed by atoms with Crippen molar-refractivity contribution in [1.82, 2.24) is 9.55 Å². The van der Waals surface area contributed by atoms with Crippen LogP contribution in [0.3, 0.4) is 0 Å². The summed E-state index contributed by atoms with van der Waals surface area (Å²) in [5.41, 5.74) is 3.22. The predicted molar refractivity (Wildman–Crippen MR) is 81.7 cm³/mol. The van der Waals surface area contributed by atoms with Crippen molar-refractivity contribution in [2.24, 2.45) is 0 Å². The van der Waals surface area contributed by atoms with Crippen LogP contribution in [-0.2, 0) is 6.54 Å². The van der Waals surface area contributed by atoms with E-state index in [1.54, 1.807) is 24.3 Å². The molecule has 1 N–H and O–H groups in total. The summed E-state index contributed by atoms with van der Waals surface area (Å²) in [6.45, 7) is 2.35. The zero-order valence-corrected chi connectivity index (χ0v) is 11.9. The Kier molecular flexibility index (Phi) is 3.36. The molecule has 5 heteroatoms. The molecule has 0 atom stereocenters. The van der Waals surface area contributed by atoms with Gasteiger partial charge in [-0.3, -0.25) is 0 Å². The molecule has 22 heavy (non-hydrogen) atoms. The van der Waals surface area contributed by atoms with Gasteiger partial charge in [0.15, 0.2) is 0 Å². The molecule has 0 aliphatic heterocycles. The lowest BCUT2D eigenvalue weighted by atomic mass is 10.1. The molecule has 0 aliphatic rings. The van der Waals surface area contributed by atoms with Crippen LogP contribution < -0.4 is 0 Å². The summed E-state index contributed by atoms with van der Waals surface area (Å²) in [5.74, 6) is -0.185. The van der Waals surface area contributed by atoms with Crippen LogP contribution in [0.5, 0.6) is 0 Å². The molecule has 0 fully saturated rings. The van der Waals surface area contributed by atoms with Gasteiger partial charge in [-0.15, -0.1) is 0 Å². The van der Waals surface area contributed by atoms with E-state index in [-0.39, 0.29) is 5.56 Å². The fourth-order valence-corrected chi connectivity index (χ4v) is 2.51. The summed E-state index contributed by atoms with van der Waals surface area (Å²) in [4.78, 5) is 15.6. The highest BCUT2D eigenvalue weighted by molar-refractivity contribution is 5.92. The van der Waals surface area contributed by atoms with Crippen molar-refractivity contribution in [3.8, 4) is 6.07 Å². The highest BCUT2D eigenvalue weighted by atomic mass is 16.4. The van der Waals surface area contributed by atoms with Gasteiger partial charge in [-0.1, -0.05) is 18.2 Å². The second-order valence-electron chi connectivity index (χ2n) is 5.02. The molecule has 3 rings (SSSR count). The minimum atomic E-state index is -0.968. The number of nitriles is 1. The molecule has 3 aromatic rings. The van der Waals surface area contributed by atoms with Crippen LogP contribution >= 0.6 is 0 Å². The van der Waals surface area contributed by atoms with Crippen molar-refractivity contribution in [2.45, 2.75) is 13.5 Å². The Hall–Kier alpha value is -3.13. The van der Waals surface area contributed by atoms with Crippen molar-refractivity contribution in [3.63, 3.8) is 0 Å². The summed E-state index contributed by atoms with van der Waals surface area (Å²) in [6.07, 6.45) is 0. The maximum atomic E-state index is 11.1. The Morgan fingerprint density at radius 3 is 2.82 bits per heavy atom. The highest BCUT2D eigenvalue weighted by Crippen LogP contribution is 2.20. The molecule has 0 amide bonds. The monoisotopic (exact) mass is 291 g/mol. The van der Waals surface area contributed by atoms with E-state index in [4.69, 9.17) is 5.11 Å². The molecule has 2 aromatic carbocycles. The molecule has 0 unspecified atom stereocenters. The van der Waals surface area contributed by atoms with E-state index in [1.165, 1.54) is 0 Å².